The van der Waals surface area contributed by atoms with Crippen molar-refractivity contribution in [2.45, 2.75) is 27.7 Å². The zero-order valence-corrected chi connectivity index (χ0v) is 13.8. The summed E-state index contributed by atoms with van der Waals surface area (Å²) in [6.07, 6.45) is 0. The predicted molar refractivity (Wildman–Crippen MR) is 89.0 cm³/mol. The molecule has 1 aromatic carbocycles. The van der Waals surface area contributed by atoms with Crippen molar-refractivity contribution in [1.29, 1.82) is 0 Å². The Morgan fingerprint density at radius 2 is 1.64 bits per heavy atom. The second-order valence-corrected chi connectivity index (χ2v) is 4.87. The lowest BCUT2D eigenvalue weighted by atomic mass is 10.1. The van der Waals surface area contributed by atoms with Gasteiger partial charge in [0.15, 0.2) is 0 Å². The normalized spacial score (nSPS) is 9.91. The highest BCUT2D eigenvalue weighted by Gasteiger charge is 2.09. The monoisotopic (exact) mass is 309 g/mol. The minimum Gasteiger partial charge on any atom is -0.480 e. The van der Waals surface area contributed by atoms with Gasteiger partial charge in [0.1, 0.15) is 0 Å². The van der Waals surface area contributed by atoms with Crippen LogP contribution in [-0.4, -0.2) is 48.1 Å². The summed E-state index contributed by atoms with van der Waals surface area (Å²) < 4.78 is 0. The van der Waals surface area contributed by atoms with E-state index in [0.717, 1.165) is 29.9 Å². The molecule has 0 heterocycles. The quantitative estimate of drug-likeness (QED) is 0.742. The Balaban J connectivity index is 0.000000763. The van der Waals surface area contributed by atoms with Crippen LogP contribution in [0.15, 0.2) is 18.2 Å². The number of nitrogens with two attached hydrogens (primary N) is 1. The third-order valence-corrected chi connectivity index (χ3v) is 3.18. The molecule has 0 saturated carbocycles. The van der Waals surface area contributed by atoms with Crippen LogP contribution in [0.3, 0.4) is 0 Å². The van der Waals surface area contributed by atoms with Gasteiger partial charge in [0.05, 0.1) is 13.1 Å². The van der Waals surface area contributed by atoms with Crippen LogP contribution in [0.4, 0.5) is 5.69 Å². The number of carboxylic acid groups (broad SMARTS) is 1. The molecule has 6 nitrogen and oxygen atoms in total. The van der Waals surface area contributed by atoms with E-state index in [1.807, 2.05) is 32.0 Å². The molecule has 0 aromatic heterocycles. The Hall–Kier alpha value is -1.92. The van der Waals surface area contributed by atoms with E-state index < -0.39 is 5.97 Å². The van der Waals surface area contributed by atoms with Gasteiger partial charge in [-0.25, -0.2) is 0 Å². The van der Waals surface area contributed by atoms with Crippen LogP contribution in [0.25, 0.3) is 0 Å². The number of rotatable bonds is 6. The molecule has 6 heteroatoms. The summed E-state index contributed by atoms with van der Waals surface area (Å²) >= 11 is 0. The summed E-state index contributed by atoms with van der Waals surface area (Å²) in [5.41, 5.74) is 7.74. The van der Waals surface area contributed by atoms with Gasteiger partial charge < -0.3 is 16.2 Å². The van der Waals surface area contributed by atoms with Crippen LogP contribution in [0.5, 0.6) is 0 Å². The van der Waals surface area contributed by atoms with E-state index in [0.29, 0.717) is 6.54 Å². The second-order valence-electron chi connectivity index (χ2n) is 4.87. The number of hydrogen-bond acceptors (Lipinski definition) is 4. The molecule has 0 atom stereocenters. The van der Waals surface area contributed by atoms with Crippen molar-refractivity contribution in [2.75, 3.05) is 31.5 Å². The summed E-state index contributed by atoms with van der Waals surface area (Å²) in [4.78, 5) is 23.2. The lowest BCUT2D eigenvalue weighted by molar-refractivity contribution is -0.135. The van der Waals surface area contributed by atoms with Crippen LogP contribution >= 0.6 is 0 Å². The van der Waals surface area contributed by atoms with Crippen LogP contribution < -0.4 is 11.1 Å². The molecule has 1 rings (SSSR count). The lowest BCUT2D eigenvalue weighted by Gasteiger charge is -2.18. The molecule has 0 spiro atoms. The maximum Gasteiger partial charge on any atom is 0.317 e. The van der Waals surface area contributed by atoms with E-state index in [1.54, 1.807) is 0 Å². The smallest absolute Gasteiger partial charge is 0.317 e. The number of anilines is 1. The number of nitrogens with zero attached hydrogens (tertiary/aromatic N) is 1. The number of carboxylic acids is 1. The largest absolute Gasteiger partial charge is 0.480 e. The van der Waals surface area contributed by atoms with Gasteiger partial charge in [-0.05, 0) is 38.1 Å². The Morgan fingerprint density at radius 1 is 1.18 bits per heavy atom. The fourth-order valence-electron chi connectivity index (χ4n) is 1.84. The number of aryl methyl sites for hydroxylation is 2. The third kappa shape index (κ3) is 7.75. The van der Waals surface area contributed by atoms with Gasteiger partial charge in [0.25, 0.3) is 0 Å². The minimum absolute atomic E-state index is 0.0612. The highest BCUT2D eigenvalue weighted by molar-refractivity contribution is 5.93. The van der Waals surface area contributed by atoms with Crippen molar-refractivity contribution < 1.29 is 14.7 Å². The number of carbonyl (C=O) groups is 2. The number of hydrogen-bond donors (Lipinski definition) is 3. The van der Waals surface area contributed by atoms with Gasteiger partial charge >= 0.3 is 5.97 Å². The molecule has 124 valence electrons. The number of benzene rings is 1. The topological polar surface area (TPSA) is 95.7 Å². The van der Waals surface area contributed by atoms with E-state index in [9.17, 15) is 9.59 Å². The fraction of sp³-hybridized carbons (Fsp3) is 0.500. The van der Waals surface area contributed by atoms with Crippen molar-refractivity contribution in [3.8, 4) is 0 Å². The van der Waals surface area contributed by atoms with Crippen LogP contribution in [-0.2, 0) is 9.59 Å². The molecule has 22 heavy (non-hydrogen) atoms. The molecule has 1 amide bonds. The average molecular weight is 309 g/mol. The Morgan fingerprint density at radius 3 is 2.00 bits per heavy atom. The van der Waals surface area contributed by atoms with Crippen molar-refractivity contribution in [3.63, 3.8) is 0 Å². The first-order chi connectivity index (χ1) is 10.3. The van der Waals surface area contributed by atoms with Crippen LogP contribution in [0.2, 0.25) is 0 Å². The fourth-order valence-corrected chi connectivity index (χ4v) is 1.84. The standard InChI is InChI=1S/C14H22N2O.C2H5NO2/c1-5-16(6-2)10-13(17)15-14-11(3)8-7-9-12(14)4;3-1-2(4)5/h7-9H,5-6,10H2,1-4H3,(H,15,17);1,3H2,(H,4,5). The first-order valence-electron chi connectivity index (χ1n) is 7.35. The SMILES string of the molecule is CCN(CC)CC(=O)Nc1c(C)cccc1C.NCC(=O)O. The number of nitrogens with one attached hydrogen (secondary N) is 1. The first-order valence-corrected chi connectivity index (χ1v) is 7.35. The Labute approximate surface area is 132 Å². The number of likely N-dealkylation sites (N-methyl/N-ethyl adjacent to an activating group) is 1. The van der Waals surface area contributed by atoms with E-state index in [-0.39, 0.29) is 12.5 Å². The van der Waals surface area contributed by atoms with Crippen LogP contribution in [0, 0.1) is 13.8 Å². The number of carbonyl (C=O) groups excluding carboxylic acids is 1. The molecule has 0 fully saturated rings. The van der Waals surface area contributed by atoms with Gasteiger partial charge in [0.2, 0.25) is 5.91 Å². The van der Waals surface area contributed by atoms with E-state index in [1.165, 1.54) is 0 Å². The Kier molecular flexibility index (Phi) is 9.82. The van der Waals surface area contributed by atoms with Crippen molar-refractivity contribution >= 4 is 17.6 Å². The highest BCUT2D eigenvalue weighted by Crippen LogP contribution is 2.19. The zero-order chi connectivity index (χ0) is 17.1. The van der Waals surface area contributed by atoms with Gasteiger partial charge in [-0.15, -0.1) is 0 Å². The third-order valence-electron chi connectivity index (χ3n) is 3.18. The molecule has 0 aliphatic heterocycles. The molecule has 0 aliphatic carbocycles. The lowest BCUT2D eigenvalue weighted by Crippen LogP contribution is -2.33. The van der Waals surface area contributed by atoms with E-state index in [2.05, 4.69) is 29.8 Å². The molecule has 0 unspecified atom stereocenters. The predicted octanol–water partition coefficient (Wildman–Crippen LogP) is 1.61. The summed E-state index contributed by atoms with van der Waals surface area (Å²) in [6, 6.07) is 6.03. The maximum absolute atomic E-state index is 11.9. The molecule has 0 aliphatic rings. The summed E-state index contributed by atoms with van der Waals surface area (Å²) in [5.74, 6) is -0.906. The Bertz CT molecular complexity index is 465. The number of amides is 1. The van der Waals surface area contributed by atoms with Crippen molar-refractivity contribution in [1.82, 2.24) is 4.90 Å². The zero-order valence-electron chi connectivity index (χ0n) is 13.8. The van der Waals surface area contributed by atoms with E-state index in [4.69, 9.17) is 5.11 Å². The maximum atomic E-state index is 11.9. The summed E-state index contributed by atoms with van der Waals surface area (Å²) in [7, 11) is 0. The minimum atomic E-state index is -0.968. The van der Waals surface area contributed by atoms with Gasteiger partial charge in [-0.2, -0.15) is 0 Å². The molecule has 0 radical (unpaired) electrons. The van der Waals surface area contributed by atoms with Crippen LogP contribution in [0.1, 0.15) is 25.0 Å². The molecule has 0 saturated heterocycles. The highest BCUT2D eigenvalue weighted by atomic mass is 16.4. The second kappa shape index (κ2) is 10.8. The molecular weight excluding hydrogens is 282 g/mol. The van der Waals surface area contributed by atoms with Gasteiger partial charge in [0, 0.05) is 5.69 Å². The number of para-hydroxylation sites is 1. The van der Waals surface area contributed by atoms with E-state index >= 15 is 0 Å². The number of aliphatic carboxylic acids is 1. The van der Waals surface area contributed by atoms with Gasteiger partial charge in [-0.1, -0.05) is 32.0 Å². The molecular formula is C16H27N3O3. The summed E-state index contributed by atoms with van der Waals surface area (Å²) in [5, 5.41) is 10.6. The summed E-state index contributed by atoms with van der Waals surface area (Å²) in [6.45, 7) is 10.1. The van der Waals surface area contributed by atoms with Crippen molar-refractivity contribution in [3.05, 3.63) is 29.3 Å². The molecule has 0 bridgehead atoms. The average Bonchev–Trinajstić information content (AvgIpc) is 2.49. The van der Waals surface area contributed by atoms with Gasteiger partial charge in [-0.3, -0.25) is 14.5 Å². The van der Waals surface area contributed by atoms with Crippen molar-refractivity contribution in [2.24, 2.45) is 5.73 Å². The molecule has 1 aromatic rings. The molecule has 4 N–H and O–H groups in total. The first kappa shape index (κ1) is 20.1.